The van der Waals surface area contributed by atoms with Crippen molar-refractivity contribution in [2.45, 2.75) is 19.2 Å². The van der Waals surface area contributed by atoms with Gasteiger partial charge in [-0.05, 0) is 0 Å². The molecular formula is C9H11MnO2. The molecule has 0 aromatic rings. The first-order valence-electron chi connectivity index (χ1n) is 3.57. The monoisotopic (exact) mass is 206 g/mol. The van der Waals surface area contributed by atoms with E-state index in [-0.39, 0.29) is 4.68 Å². The number of allylic oxidation sites excluding steroid dienone is 4. The first-order chi connectivity index (χ1) is 5.61. The molecule has 0 aliphatic heterocycles. The molecule has 0 amide bonds. The van der Waals surface area contributed by atoms with Crippen LogP contribution in [0.1, 0.15) is 13.3 Å². The van der Waals surface area contributed by atoms with Gasteiger partial charge in [0, 0.05) is 0 Å². The summed E-state index contributed by atoms with van der Waals surface area (Å²) < 4.78 is 0.973. The zero-order chi connectivity index (χ0) is 9.19. The quantitative estimate of drug-likeness (QED) is 0.643. The van der Waals surface area contributed by atoms with Crippen LogP contribution in [0.25, 0.3) is 0 Å². The minimum absolute atomic E-state index is 0.00525. The van der Waals surface area contributed by atoms with Crippen LogP contribution in [0.3, 0.4) is 0 Å². The summed E-state index contributed by atoms with van der Waals surface area (Å²) in [6.45, 7) is 1.48. The average molecular weight is 206 g/mol. The van der Waals surface area contributed by atoms with E-state index in [4.69, 9.17) is 0 Å². The molecule has 1 atom stereocenters. The Balaban J connectivity index is 3.15. The molecule has 0 heterocycles. The summed E-state index contributed by atoms with van der Waals surface area (Å²) in [5, 5.41) is 0. The standard InChI is InChI=1S/C5H5.C2H3O.CO.CH3.Mn/c1-2-4-5-3-1;1-2-3;1-2;;/h1-3H,4H2;1H3;;1H3;. The third-order valence-electron chi connectivity index (χ3n) is 1.90. The Hall–Kier alpha value is -0.751. The first-order valence-corrected chi connectivity index (χ1v) is 6.52. The summed E-state index contributed by atoms with van der Waals surface area (Å²) in [7, 11) is 0. The Morgan fingerprint density at radius 2 is 2.33 bits per heavy atom. The van der Waals surface area contributed by atoms with Crippen LogP contribution >= 0.6 is 0 Å². The third kappa shape index (κ3) is 1.39. The van der Waals surface area contributed by atoms with Crippen LogP contribution in [0, 0.1) is 0 Å². The molecular weight excluding hydrogens is 195 g/mol. The normalized spacial score (nSPS) is 22.3. The van der Waals surface area contributed by atoms with Crippen LogP contribution < -0.4 is 0 Å². The molecule has 2 nitrogen and oxygen atoms in total. The van der Waals surface area contributed by atoms with Gasteiger partial charge in [-0.25, -0.2) is 0 Å². The van der Waals surface area contributed by atoms with Crippen molar-refractivity contribution in [3.8, 4) is 0 Å². The molecule has 1 unspecified atom stereocenters. The zero-order valence-electron chi connectivity index (χ0n) is 7.13. The molecule has 1 aliphatic carbocycles. The van der Waals surface area contributed by atoms with Gasteiger partial charge in [-0.2, -0.15) is 0 Å². The summed E-state index contributed by atoms with van der Waals surface area (Å²) >= 11 is -2.53. The van der Waals surface area contributed by atoms with E-state index in [0.29, 0.717) is 0 Å². The summed E-state index contributed by atoms with van der Waals surface area (Å²) in [6.07, 6.45) is 6.47. The van der Waals surface area contributed by atoms with E-state index < -0.39 is 12.4 Å². The van der Waals surface area contributed by atoms with Gasteiger partial charge in [0.05, 0.1) is 0 Å². The van der Waals surface area contributed by atoms with Crippen molar-refractivity contribution in [1.29, 1.82) is 0 Å². The van der Waals surface area contributed by atoms with E-state index >= 15 is 0 Å². The minimum atomic E-state index is -2.53. The van der Waals surface area contributed by atoms with Crippen LogP contribution in [0.5, 0.6) is 0 Å². The van der Waals surface area contributed by atoms with E-state index in [1.165, 1.54) is 6.92 Å². The second-order valence-corrected chi connectivity index (χ2v) is 7.13. The molecule has 0 aromatic carbocycles. The Kier molecular flexibility index (Phi) is 2.58. The van der Waals surface area contributed by atoms with E-state index in [9.17, 15) is 9.59 Å². The SMILES string of the molecule is C[C](=O)[Mn]([CH3])(=[C]=O)[C]1=CC=CC1. The van der Waals surface area contributed by atoms with Gasteiger partial charge in [0.1, 0.15) is 0 Å². The van der Waals surface area contributed by atoms with Gasteiger partial charge in [0.25, 0.3) is 0 Å². The fraction of sp³-hybridized carbons (Fsp3) is 0.333. The molecule has 66 valence electrons. The van der Waals surface area contributed by atoms with Gasteiger partial charge in [0.15, 0.2) is 0 Å². The molecule has 0 aromatic heterocycles. The molecule has 0 fully saturated rings. The topological polar surface area (TPSA) is 34.1 Å². The number of carbonyl (C=O) groups excluding carboxylic acids is 2. The maximum atomic E-state index is 11.2. The van der Waals surface area contributed by atoms with Crippen molar-refractivity contribution < 1.29 is 22.0 Å². The molecule has 0 spiro atoms. The van der Waals surface area contributed by atoms with Crippen LogP contribution in [-0.2, 0) is 22.0 Å². The Bertz CT molecular complexity index is 344. The molecule has 1 rings (SSSR count). The Labute approximate surface area is 73.7 Å². The summed E-state index contributed by atoms with van der Waals surface area (Å²) in [4.78, 5) is 23.9. The van der Waals surface area contributed by atoms with E-state index in [1.54, 1.807) is 5.82 Å². The molecule has 3 heteroatoms. The molecule has 12 heavy (non-hydrogen) atoms. The van der Waals surface area contributed by atoms with Crippen molar-refractivity contribution in [3.63, 3.8) is 0 Å². The predicted octanol–water partition coefficient (Wildman–Crippen LogP) is 1.65. The molecule has 1 aliphatic rings. The zero-order valence-corrected chi connectivity index (χ0v) is 8.31. The van der Waals surface area contributed by atoms with Gasteiger partial charge in [-0.3, -0.25) is 0 Å². The number of hydrogen-bond acceptors (Lipinski definition) is 2. The molecule has 0 radical (unpaired) electrons. The summed E-state index contributed by atoms with van der Waals surface area (Å²) in [6, 6.07) is 0. The third-order valence-corrected chi connectivity index (χ3v) is 6.00. The van der Waals surface area contributed by atoms with E-state index in [1.807, 2.05) is 23.0 Å². The maximum absolute atomic E-state index is 11.2. The number of hydrogen-bond donors (Lipinski definition) is 0. The van der Waals surface area contributed by atoms with Crippen LogP contribution in [0.2, 0.25) is 5.82 Å². The fourth-order valence-electron chi connectivity index (χ4n) is 0.976. The number of carbonyl (C=O) groups is 1. The van der Waals surface area contributed by atoms with Crippen molar-refractivity contribution in [2.24, 2.45) is 0 Å². The Morgan fingerprint density at radius 3 is 2.67 bits per heavy atom. The molecule has 0 N–H and O–H groups in total. The van der Waals surface area contributed by atoms with E-state index in [2.05, 4.69) is 0 Å². The first kappa shape index (κ1) is 9.34. The fourth-order valence-corrected chi connectivity index (χ4v) is 2.96. The summed E-state index contributed by atoms with van der Waals surface area (Å²) in [5.74, 6) is 1.75. The second-order valence-electron chi connectivity index (χ2n) is 2.64. The van der Waals surface area contributed by atoms with Gasteiger partial charge < -0.3 is 0 Å². The second kappa shape index (κ2) is 3.32. The van der Waals surface area contributed by atoms with Gasteiger partial charge >= 0.3 is 73.3 Å². The summed E-state index contributed by atoms with van der Waals surface area (Å²) in [5.41, 5.74) is 0. The van der Waals surface area contributed by atoms with Gasteiger partial charge in [-0.1, -0.05) is 0 Å². The molecule has 0 bridgehead atoms. The average Bonchev–Trinajstić information content (AvgIpc) is 2.54. The van der Waals surface area contributed by atoms with Crippen molar-refractivity contribution in [1.82, 2.24) is 0 Å². The van der Waals surface area contributed by atoms with E-state index in [0.717, 1.165) is 10.9 Å². The Morgan fingerprint density at radius 1 is 1.67 bits per heavy atom. The number of rotatable bonds is 2. The van der Waals surface area contributed by atoms with Gasteiger partial charge in [-0.15, -0.1) is 0 Å². The van der Waals surface area contributed by atoms with Crippen LogP contribution in [0.15, 0.2) is 22.7 Å². The predicted molar refractivity (Wildman–Crippen MR) is 44.1 cm³/mol. The van der Waals surface area contributed by atoms with Crippen molar-refractivity contribution in [2.75, 3.05) is 0 Å². The van der Waals surface area contributed by atoms with Gasteiger partial charge in [0.2, 0.25) is 0 Å². The molecule has 0 saturated heterocycles. The van der Waals surface area contributed by atoms with Crippen molar-refractivity contribution in [3.05, 3.63) is 22.7 Å². The van der Waals surface area contributed by atoms with Crippen LogP contribution in [0.4, 0.5) is 0 Å². The van der Waals surface area contributed by atoms with Crippen LogP contribution in [-0.4, -0.2) is 9.47 Å². The molecule has 0 saturated carbocycles. The van der Waals surface area contributed by atoms with Crippen molar-refractivity contribution >= 4 is 9.47 Å².